The lowest BCUT2D eigenvalue weighted by atomic mass is 10.0. The van der Waals surface area contributed by atoms with Gasteiger partial charge in [-0.25, -0.2) is 0 Å². The van der Waals surface area contributed by atoms with Crippen LogP contribution in [0.3, 0.4) is 0 Å². The molecule has 0 spiro atoms. The van der Waals surface area contributed by atoms with Gasteiger partial charge in [0.05, 0.1) is 28.2 Å². The van der Waals surface area contributed by atoms with Gasteiger partial charge in [-0.3, -0.25) is 10.1 Å². The molecule has 0 N–H and O–H groups in total. The summed E-state index contributed by atoms with van der Waals surface area (Å²) in [4.78, 5) is 10.3. The summed E-state index contributed by atoms with van der Waals surface area (Å²) in [5, 5.41) is 28.9. The zero-order valence-corrected chi connectivity index (χ0v) is 10.9. The van der Waals surface area contributed by atoms with Gasteiger partial charge in [-0.2, -0.15) is 10.5 Å². The maximum Gasteiger partial charge on any atom is 0.270 e. The molecule has 0 aliphatic rings. The second-order valence-corrected chi connectivity index (χ2v) is 4.21. The zero-order chi connectivity index (χ0) is 15.2. The number of nitriles is 2. The van der Waals surface area contributed by atoms with Gasteiger partial charge < -0.3 is 0 Å². The Balaban J connectivity index is 2.46. The van der Waals surface area contributed by atoms with Gasteiger partial charge in [0, 0.05) is 12.1 Å². The Morgan fingerprint density at radius 3 is 2.57 bits per heavy atom. The number of hydrogen-bond acceptors (Lipinski definition) is 4. The Morgan fingerprint density at radius 2 is 1.90 bits per heavy atom. The van der Waals surface area contributed by atoms with Crippen LogP contribution in [-0.4, -0.2) is 4.92 Å². The van der Waals surface area contributed by atoms with Crippen molar-refractivity contribution in [2.24, 2.45) is 0 Å². The predicted octanol–water partition coefficient (Wildman–Crippen LogP) is 3.53. The maximum absolute atomic E-state index is 10.7. The van der Waals surface area contributed by atoms with Crippen LogP contribution < -0.4 is 0 Å². The molecule has 0 amide bonds. The summed E-state index contributed by atoms with van der Waals surface area (Å²) < 4.78 is 0. The molecule has 0 bridgehead atoms. The molecule has 100 valence electrons. The van der Waals surface area contributed by atoms with E-state index in [-0.39, 0.29) is 5.69 Å². The van der Waals surface area contributed by atoms with Crippen molar-refractivity contribution in [2.75, 3.05) is 0 Å². The Hall–Kier alpha value is -3.44. The highest BCUT2D eigenvalue weighted by molar-refractivity contribution is 5.90. The largest absolute Gasteiger partial charge is 0.270 e. The second kappa shape index (κ2) is 6.14. The van der Waals surface area contributed by atoms with Crippen molar-refractivity contribution in [3.05, 3.63) is 75.3 Å². The fraction of sp³-hybridized carbons (Fsp3) is 0. The fourth-order valence-corrected chi connectivity index (χ4v) is 1.83. The standard InChI is InChI=1S/C16H9N3O2/c17-10-13-4-1-5-14(8-13)15(11-18)7-12-3-2-6-16(9-12)19(20)21/h1-9H/b15-7-. The van der Waals surface area contributed by atoms with E-state index in [1.165, 1.54) is 12.1 Å². The van der Waals surface area contributed by atoms with Crippen molar-refractivity contribution in [3.8, 4) is 12.1 Å². The van der Waals surface area contributed by atoms with Gasteiger partial charge in [0.2, 0.25) is 0 Å². The lowest BCUT2D eigenvalue weighted by Gasteiger charge is -2.00. The molecule has 5 nitrogen and oxygen atoms in total. The Bertz CT molecular complexity index is 811. The first-order valence-electron chi connectivity index (χ1n) is 6.01. The van der Waals surface area contributed by atoms with Gasteiger partial charge in [0.15, 0.2) is 0 Å². The Labute approximate surface area is 121 Å². The zero-order valence-electron chi connectivity index (χ0n) is 10.9. The molecule has 5 heteroatoms. The van der Waals surface area contributed by atoms with E-state index in [2.05, 4.69) is 0 Å². The molecule has 0 radical (unpaired) electrons. The van der Waals surface area contributed by atoms with E-state index >= 15 is 0 Å². The third-order valence-electron chi connectivity index (χ3n) is 2.82. The molecular formula is C16H9N3O2. The normalized spacial score (nSPS) is 10.5. The summed E-state index contributed by atoms with van der Waals surface area (Å²) in [7, 11) is 0. The van der Waals surface area contributed by atoms with Crippen molar-refractivity contribution >= 4 is 17.3 Å². The van der Waals surface area contributed by atoms with Gasteiger partial charge in [0.1, 0.15) is 0 Å². The smallest absolute Gasteiger partial charge is 0.258 e. The van der Waals surface area contributed by atoms with Gasteiger partial charge in [-0.15, -0.1) is 0 Å². The number of non-ortho nitro benzene ring substituents is 1. The molecule has 0 saturated carbocycles. The van der Waals surface area contributed by atoms with Crippen LogP contribution in [0.5, 0.6) is 0 Å². The monoisotopic (exact) mass is 275 g/mol. The number of benzene rings is 2. The molecule has 0 heterocycles. The summed E-state index contributed by atoms with van der Waals surface area (Å²) >= 11 is 0. The molecule has 21 heavy (non-hydrogen) atoms. The van der Waals surface area contributed by atoms with E-state index in [4.69, 9.17) is 5.26 Å². The highest BCUT2D eigenvalue weighted by Crippen LogP contribution is 2.21. The minimum atomic E-state index is -0.486. The van der Waals surface area contributed by atoms with E-state index < -0.39 is 4.92 Å². The third kappa shape index (κ3) is 3.31. The molecule has 0 aliphatic heterocycles. The SMILES string of the molecule is N#C/C(=C/c1cccc([N+](=O)[O-])c1)c1cccc(C#N)c1. The maximum atomic E-state index is 10.7. The first-order valence-corrected chi connectivity index (χ1v) is 6.01. The molecule has 2 aromatic rings. The minimum Gasteiger partial charge on any atom is -0.258 e. The molecule has 0 aliphatic carbocycles. The van der Waals surface area contributed by atoms with Gasteiger partial charge >= 0.3 is 0 Å². The number of nitro benzene ring substituents is 1. The molecule has 0 saturated heterocycles. The van der Waals surface area contributed by atoms with Crippen LogP contribution in [0.2, 0.25) is 0 Å². The van der Waals surface area contributed by atoms with E-state index in [0.29, 0.717) is 22.3 Å². The lowest BCUT2D eigenvalue weighted by Crippen LogP contribution is -1.88. The molecular weight excluding hydrogens is 266 g/mol. The van der Waals surface area contributed by atoms with Crippen molar-refractivity contribution in [3.63, 3.8) is 0 Å². The van der Waals surface area contributed by atoms with Crippen LogP contribution in [-0.2, 0) is 0 Å². The first kappa shape index (κ1) is 14.0. The Morgan fingerprint density at radius 1 is 1.14 bits per heavy atom. The average molecular weight is 275 g/mol. The van der Waals surface area contributed by atoms with E-state index in [0.717, 1.165) is 0 Å². The number of nitrogens with zero attached hydrogens (tertiary/aromatic N) is 3. The number of nitro groups is 1. The van der Waals surface area contributed by atoms with Crippen LogP contribution in [0.25, 0.3) is 11.6 Å². The fourth-order valence-electron chi connectivity index (χ4n) is 1.83. The van der Waals surface area contributed by atoms with Crippen molar-refractivity contribution in [2.45, 2.75) is 0 Å². The van der Waals surface area contributed by atoms with Crippen LogP contribution in [0.15, 0.2) is 48.5 Å². The van der Waals surface area contributed by atoms with Crippen molar-refractivity contribution in [1.82, 2.24) is 0 Å². The molecule has 0 unspecified atom stereocenters. The topological polar surface area (TPSA) is 90.7 Å². The summed E-state index contributed by atoms with van der Waals surface area (Å²) in [6.07, 6.45) is 1.56. The van der Waals surface area contributed by atoms with Crippen LogP contribution in [0.1, 0.15) is 16.7 Å². The first-order chi connectivity index (χ1) is 10.1. The highest BCUT2D eigenvalue weighted by atomic mass is 16.6. The van der Waals surface area contributed by atoms with Crippen LogP contribution >= 0.6 is 0 Å². The number of rotatable bonds is 3. The van der Waals surface area contributed by atoms with Gasteiger partial charge in [-0.05, 0) is 29.3 Å². The van der Waals surface area contributed by atoms with Gasteiger partial charge in [0.25, 0.3) is 5.69 Å². The van der Waals surface area contributed by atoms with Crippen molar-refractivity contribution < 1.29 is 4.92 Å². The van der Waals surface area contributed by atoms with Crippen LogP contribution in [0, 0.1) is 32.8 Å². The molecule has 2 aromatic carbocycles. The molecule has 0 fully saturated rings. The highest BCUT2D eigenvalue weighted by Gasteiger charge is 2.06. The molecule has 0 atom stereocenters. The summed E-state index contributed by atoms with van der Waals surface area (Å²) in [6, 6.07) is 16.7. The van der Waals surface area contributed by atoms with E-state index in [1.54, 1.807) is 42.5 Å². The predicted molar refractivity (Wildman–Crippen MR) is 77.7 cm³/mol. The second-order valence-electron chi connectivity index (χ2n) is 4.21. The lowest BCUT2D eigenvalue weighted by molar-refractivity contribution is -0.384. The summed E-state index contributed by atoms with van der Waals surface area (Å²) in [5.74, 6) is 0. The quantitative estimate of drug-likeness (QED) is 0.371. The van der Waals surface area contributed by atoms with Crippen molar-refractivity contribution in [1.29, 1.82) is 10.5 Å². The molecule has 0 aromatic heterocycles. The average Bonchev–Trinajstić information content (AvgIpc) is 2.53. The summed E-state index contributed by atoms with van der Waals surface area (Å²) in [5.41, 5.74) is 1.92. The third-order valence-corrected chi connectivity index (χ3v) is 2.82. The van der Waals surface area contributed by atoms with Crippen LogP contribution in [0.4, 0.5) is 5.69 Å². The summed E-state index contributed by atoms with van der Waals surface area (Å²) in [6.45, 7) is 0. The van der Waals surface area contributed by atoms with Gasteiger partial charge in [-0.1, -0.05) is 24.3 Å². The number of allylic oxidation sites excluding steroid dienone is 1. The Kier molecular flexibility index (Phi) is 4.09. The van der Waals surface area contributed by atoms with E-state index in [9.17, 15) is 15.4 Å². The minimum absolute atomic E-state index is 0.0354. The molecule has 2 rings (SSSR count). The number of hydrogen-bond donors (Lipinski definition) is 0. The van der Waals surface area contributed by atoms with E-state index in [1.807, 2.05) is 12.1 Å².